The Morgan fingerprint density at radius 1 is 1.73 bits per heavy atom. The topological polar surface area (TPSA) is 62.7 Å². The minimum absolute atomic E-state index is 0.311. The van der Waals surface area contributed by atoms with Gasteiger partial charge in [-0.05, 0) is 11.6 Å². The summed E-state index contributed by atoms with van der Waals surface area (Å²) in [5, 5.41) is 8.92. The van der Waals surface area contributed by atoms with Crippen LogP contribution in [0.4, 0.5) is 0 Å². The molecule has 1 rings (SSSR count). The van der Waals surface area contributed by atoms with Crippen LogP contribution in [0.3, 0.4) is 0 Å². The van der Waals surface area contributed by atoms with Crippen LogP contribution >= 0.6 is 11.6 Å². The molecule has 0 radical (unpaired) electrons. The highest BCUT2D eigenvalue weighted by atomic mass is 35.5. The summed E-state index contributed by atoms with van der Waals surface area (Å²) < 4.78 is 0. The minimum Gasteiger partial charge on any atom is -0.326 e. The zero-order chi connectivity index (χ0) is 8.27. The molecule has 0 bridgehead atoms. The molecule has 1 aromatic heterocycles. The van der Waals surface area contributed by atoms with Crippen molar-refractivity contribution in [2.24, 2.45) is 5.73 Å². The van der Waals surface area contributed by atoms with Gasteiger partial charge >= 0.3 is 0 Å². The number of aromatic nitrogens is 1. The third-order valence-corrected chi connectivity index (χ3v) is 1.50. The molecular formula is C7H6ClN3. The Kier molecular flexibility index (Phi) is 2.42. The third kappa shape index (κ3) is 1.67. The zero-order valence-corrected chi connectivity index (χ0v) is 6.47. The van der Waals surface area contributed by atoms with Crippen molar-refractivity contribution in [3.8, 4) is 6.07 Å². The Balaban J connectivity index is 3.19. The lowest BCUT2D eigenvalue weighted by Gasteiger charge is -1.98. The second-order valence-corrected chi connectivity index (χ2v) is 2.37. The van der Waals surface area contributed by atoms with Gasteiger partial charge < -0.3 is 5.73 Å². The Morgan fingerprint density at radius 2 is 2.45 bits per heavy atom. The number of rotatable bonds is 1. The van der Waals surface area contributed by atoms with Crippen LogP contribution in [0.2, 0.25) is 5.15 Å². The van der Waals surface area contributed by atoms with Crippen LogP contribution in [-0.2, 0) is 6.54 Å². The summed E-state index contributed by atoms with van der Waals surface area (Å²) in [6.45, 7) is 0.311. The summed E-state index contributed by atoms with van der Waals surface area (Å²) in [6, 6.07) is 3.57. The minimum atomic E-state index is 0.311. The normalized spacial score (nSPS) is 9.18. The molecular weight excluding hydrogens is 162 g/mol. The van der Waals surface area contributed by atoms with Crippen LogP contribution in [0.1, 0.15) is 11.1 Å². The predicted molar refractivity (Wildman–Crippen MR) is 41.9 cm³/mol. The van der Waals surface area contributed by atoms with E-state index < -0.39 is 0 Å². The van der Waals surface area contributed by atoms with Crippen molar-refractivity contribution >= 4 is 11.6 Å². The van der Waals surface area contributed by atoms with Crippen molar-refractivity contribution < 1.29 is 0 Å². The molecule has 3 nitrogen and oxygen atoms in total. The summed E-state index contributed by atoms with van der Waals surface area (Å²) in [4.78, 5) is 3.75. The molecule has 2 N–H and O–H groups in total. The molecule has 0 saturated heterocycles. The van der Waals surface area contributed by atoms with Crippen molar-refractivity contribution in [2.75, 3.05) is 0 Å². The third-order valence-electron chi connectivity index (χ3n) is 1.30. The van der Waals surface area contributed by atoms with Gasteiger partial charge in [0.2, 0.25) is 0 Å². The fraction of sp³-hybridized carbons (Fsp3) is 0.143. The number of nitrogens with two attached hydrogens (primary N) is 1. The molecule has 0 atom stereocenters. The number of hydrogen-bond donors (Lipinski definition) is 1. The molecule has 11 heavy (non-hydrogen) atoms. The zero-order valence-electron chi connectivity index (χ0n) is 5.71. The van der Waals surface area contributed by atoms with Crippen LogP contribution in [0.15, 0.2) is 12.3 Å². The highest BCUT2D eigenvalue weighted by molar-refractivity contribution is 6.29. The van der Waals surface area contributed by atoms with Crippen molar-refractivity contribution in [1.82, 2.24) is 4.98 Å². The maximum atomic E-state index is 8.55. The first-order valence-electron chi connectivity index (χ1n) is 3.02. The van der Waals surface area contributed by atoms with Gasteiger partial charge in [0, 0.05) is 12.7 Å². The fourth-order valence-electron chi connectivity index (χ4n) is 0.737. The lowest BCUT2D eigenvalue weighted by Crippen LogP contribution is -1.99. The maximum absolute atomic E-state index is 8.55. The van der Waals surface area contributed by atoms with Crippen LogP contribution in [0.5, 0.6) is 0 Å². The SMILES string of the molecule is N#Cc1cnc(Cl)cc1CN. The van der Waals surface area contributed by atoms with Gasteiger partial charge in [0.05, 0.1) is 5.56 Å². The van der Waals surface area contributed by atoms with Crippen molar-refractivity contribution in [3.05, 3.63) is 28.5 Å². The summed E-state index contributed by atoms with van der Waals surface area (Å²) >= 11 is 5.58. The van der Waals surface area contributed by atoms with E-state index in [-0.39, 0.29) is 0 Å². The van der Waals surface area contributed by atoms with Gasteiger partial charge in [-0.1, -0.05) is 11.6 Å². The molecule has 56 valence electrons. The van der Waals surface area contributed by atoms with E-state index >= 15 is 0 Å². The molecule has 0 saturated carbocycles. The van der Waals surface area contributed by atoms with E-state index in [4.69, 9.17) is 22.6 Å². The first-order valence-corrected chi connectivity index (χ1v) is 3.40. The monoisotopic (exact) mass is 167 g/mol. The van der Waals surface area contributed by atoms with Gasteiger partial charge in [0.25, 0.3) is 0 Å². The van der Waals surface area contributed by atoms with E-state index in [9.17, 15) is 0 Å². The second kappa shape index (κ2) is 3.33. The van der Waals surface area contributed by atoms with E-state index in [2.05, 4.69) is 4.98 Å². The standard InChI is InChI=1S/C7H6ClN3/c8-7-1-5(2-9)6(3-10)4-11-7/h1,4H,2,9H2. The van der Waals surface area contributed by atoms with Crippen LogP contribution in [0, 0.1) is 11.3 Å². The Morgan fingerprint density at radius 3 is 3.00 bits per heavy atom. The van der Waals surface area contributed by atoms with E-state index in [0.717, 1.165) is 5.56 Å². The maximum Gasteiger partial charge on any atom is 0.129 e. The summed E-state index contributed by atoms with van der Waals surface area (Å²) in [5.41, 5.74) is 6.57. The smallest absolute Gasteiger partial charge is 0.129 e. The van der Waals surface area contributed by atoms with Crippen molar-refractivity contribution in [2.45, 2.75) is 6.54 Å². The highest BCUT2D eigenvalue weighted by Gasteiger charge is 2.00. The molecule has 0 fully saturated rings. The Hall–Kier alpha value is -1.11. The molecule has 4 heteroatoms. The van der Waals surface area contributed by atoms with Crippen LogP contribution < -0.4 is 5.73 Å². The number of hydrogen-bond acceptors (Lipinski definition) is 3. The van der Waals surface area contributed by atoms with Gasteiger partial charge in [-0.2, -0.15) is 5.26 Å². The lowest BCUT2D eigenvalue weighted by molar-refractivity contribution is 1.05. The first-order chi connectivity index (χ1) is 5.27. The van der Waals surface area contributed by atoms with Gasteiger partial charge in [-0.15, -0.1) is 0 Å². The fourth-order valence-corrected chi connectivity index (χ4v) is 0.918. The van der Waals surface area contributed by atoms with Crippen molar-refractivity contribution in [1.29, 1.82) is 5.26 Å². The summed E-state index contributed by atoms with van der Waals surface area (Å²) in [7, 11) is 0. The largest absolute Gasteiger partial charge is 0.326 e. The lowest BCUT2D eigenvalue weighted by atomic mass is 10.1. The van der Waals surface area contributed by atoms with E-state index in [0.29, 0.717) is 17.3 Å². The molecule has 0 aliphatic carbocycles. The molecule has 1 aromatic rings. The number of nitriles is 1. The molecule has 0 spiro atoms. The van der Waals surface area contributed by atoms with Crippen LogP contribution in [-0.4, -0.2) is 4.98 Å². The number of halogens is 1. The van der Waals surface area contributed by atoms with E-state index in [1.165, 1.54) is 6.20 Å². The quantitative estimate of drug-likeness (QED) is 0.637. The molecule has 0 amide bonds. The van der Waals surface area contributed by atoms with Crippen molar-refractivity contribution in [3.63, 3.8) is 0 Å². The molecule has 0 unspecified atom stereocenters. The Labute approximate surface area is 69.4 Å². The highest BCUT2D eigenvalue weighted by Crippen LogP contribution is 2.10. The number of pyridine rings is 1. The number of nitrogens with zero attached hydrogens (tertiary/aromatic N) is 2. The Bertz CT molecular complexity index is 303. The van der Waals surface area contributed by atoms with E-state index in [1.807, 2.05) is 6.07 Å². The predicted octanol–water partition coefficient (Wildman–Crippen LogP) is 1.07. The molecule has 0 aromatic carbocycles. The molecule has 0 aliphatic heterocycles. The first kappa shape index (κ1) is 7.99. The summed E-state index contributed by atoms with van der Waals surface area (Å²) in [5.74, 6) is 0. The summed E-state index contributed by atoms with van der Waals surface area (Å²) in [6.07, 6.45) is 1.42. The van der Waals surface area contributed by atoms with Gasteiger partial charge in [-0.25, -0.2) is 4.98 Å². The van der Waals surface area contributed by atoms with Crippen LogP contribution in [0.25, 0.3) is 0 Å². The van der Waals surface area contributed by atoms with Gasteiger partial charge in [0.1, 0.15) is 11.2 Å². The second-order valence-electron chi connectivity index (χ2n) is 1.98. The average Bonchev–Trinajstić information content (AvgIpc) is 2.04. The van der Waals surface area contributed by atoms with E-state index in [1.54, 1.807) is 6.07 Å². The average molecular weight is 168 g/mol. The molecule has 0 aliphatic rings. The van der Waals surface area contributed by atoms with Gasteiger partial charge in [0.15, 0.2) is 0 Å². The van der Waals surface area contributed by atoms with Gasteiger partial charge in [-0.3, -0.25) is 0 Å². The molecule has 1 heterocycles.